The SMILES string of the molecule is COc1cc(OC)cc([C@@H]2CCN(C(=O)[C@H]3CCC[C@@H](N)C3)C2)c1. The molecule has 5 nitrogen and oxygen atoms in total. The molecule has 2 fully saturated rings. The van der Waals surface area contributed by atoms with Crippen molar-refractivity contribution in [3.63, 3.8) is 0 Å². The van der Waals surface area contributed by atoms with Gasteiger partial charge in [-0.1, -0.05) is 6.42 Å². The van der Waals surface area contributed by atoms with Crippen molar-refractivity contribution in [2.24, 2.45) is 11.7 Å². The molecule has 0 bridgehead atoms. The van der Waals surface area contributed by atoms with E-state index in [9.17, 15) is 4.79 Å². The minimum atomic E-state index is 0.118. The number of methoxy groups -OCH3 is 2. The van der Waals surface area contributed by atoms with Gasteiger partial charge in [-0.15, -0.1) is 0 Å². The van der Waals surface area contributed by atoms with Crippen molar-refractivity contribution in [3.8, 4) is 11.5 Å². The van der Waals surface area contributed by atoms with E-state index in [2.05, 4.69) is 12.1 Å². The normalized spacial score (nSPS) is 27.1. The summed E-state index contributed by atoms with van der Waals surface area (Å²) >= 11 is 0. The second-order valence-corrected chi connectivity index (χ2v) is 7.04. The lowest BCUT2D eigenvalue weighted by atomic mass is 9.85. The van der Waals surface area contributed by atoms with E-state index in [-0.39, 0.29) is 12.0 Å². The highest BCUT2D eigenvalue weighted by atomic mass is 16.5. The predicted molar refractivity (Wildman–Crippen MR) is 93.4 cm³/mol. The Morgan fingerprint density at radius 3 is 2.46 bits per heavy atom. The highest BCUT2D eigenvalue weighted by Crippen LogP contribution is 2.34. The number of benzene rings is 1. The molecule has 1 amide bonds. The Labute approximate surface area is 144 Å². The van der Waals surface area contributed by atoms with Crippen LogP contribution in [0.4, 0.5) is 0 Å². The summed E-state index contributed by atoms with van der Waals surface area (Å²) in [6.45, 7) is 1.61. The van der Waals surface area contributed by atoms with Crippen LogP contribution >= 0.6 is 0 Å². The Bertz CT molecular complexity index is 568. The molecule has 1 aromatic carbocycles. The van der Waals surface area contributed by atoms with Crippen LogP contribution in [0.25, 0.3) is 0 Å². The smallest absolute Gasteiger partial charge is 0.225 e. The van der Waals surface area contributed by atoms with Crippen LogP contribution < -0.4 is 15.2 Å². The largest absolute Gasteiger partial charge is 0.497 e. The number of hydrogen-bond donors (Lipinski definition) is 1. The summed E-state index contributed by atoms with van der Waals surface area (Å²) in [5.41, 5.74) is 7.23. The predicted octanol–water partition coefficient (Wildman–Crippen LogP) is 2.54. The number of nitrogens with two attached hydrogens (primary N) is 1. The molecule has 2 N–H and O–H groups in total. The van der Waals surface area contributed by atoms with Crippen molar-refractivity contribution in [2.45, 2.75) is 44.1 Å². The van der Waals surface area contributed by atoms with Crippen molar-refractivity contribution >= 4 is 5.91 Å². The molecule has 0 aromatic heterocycles. The molecule has 3 rings (SSSR count). The van der Waals surface area contributed by atoms with E-state index in [1.54, 1.807) is 14.2 Å². The highest BCUT2D eigenvalue weighted by molar-refractivity contribution is 5.79. The quantitative estimate of drug-likeness (QED) is 0.920. The molecule has 1 saturated carbocycles. The van der Waals surface area contributed by atoms with Gasteiger partial charge in [0.2, 0.25) is 5.91 Å². The van der Waals surface area contributed by atoms with Gasteiger partial charge in [0.25, 0.3) is 0 Å². The van der Waals surface area contributed by atoms with E-state index >= 15 is 0 Å². The lowest BCUT2D eigenvalue weighted by Gasteiger charge is -2.29. The second kappa shape index (κ2) is 7.43. The number of nitrogens with zero attached hydrogens (tertiary/aromatic N) is 1. The Morgan fingerprint density at radius 1 is 1.12 bits per heavy atom. The van der Waals surface area contributed by atoms with E-state index in [4.69, 9.17) is 15.2 Å². The fraction of sp³-hybridized carbons (Fsp3) is 0.632. The van der Waals surface area contributed by atoms with Crippen LogP contribution in [0.1, 0.15) is 43.6 Å². The van der Waals surface area contributed by atoms with Gasteiger partial charge in [0.1, 0.15) is 11.5 Å². The standard InChI is InChI=1S/C19H28N2O3/c1-23-17-9-15(10-18(11-17)24-2)14-6-7-21(12-14)19(22)13-4-3-5-16(20)8-13/h9-11,13-14,16H,3-8,12,20H2,1-2H3/t13-,14+,16+/m0/s1. The number of amides is 1. The summed E-state index contributed by atoms with van der Waals surface area (Å²) in [6, 6.07) is 6.17. The summed E-state index contributed by atoms with van der Waals surface area (Å²) in [7, 11) is 3.32. The first-order valence-electron chi connectivity index (χ1n) is 8.88. The number of rotatable bonds is 4. The summed E-state index contributed by atoms with van der Waals surface area (Å²) in [6.07, 6.45) is 4.94. The molecule has 0 radical (unpaired) electrons. The van der Waals surface area contributed by atoms with Crippen molar-refractivity contribution < 1.29 is 14.3 Å². The number of hydrogen-bond acceptors (Lipinski definition) is 4. The lowest BCUT2D eigenvalue weighted by molar-refractivity contribution is -0.135. The second-order valence-electron chi connectivity index (χ2n) is 7.04. The monoisotopic (exact) mass is 332 g/mol. The zero-order valence-corrected chi connectivity index (χ0v) is 14.7. The maximum atomic E-state index is 12.8. The summed E-state index contributed by atoms with van der Waals surface area (Å²) in [5.74, 6) is 2.35. The Hall–Kier alpha value is -1.75. The Kier molecular flexibility index (Phi) is 5.29. The first-order chi connectivity index (χ1) is 11.6. The van der Waals surface area contributed by atoms with Gasteiger partial charge in [0, 0.05) is 37.0 Å². The molecule has 1 aromatic rings. The van der Waals surface area contributed by atoms with Crippen LogP contribution in [0.3, 0.4) is 0 Å². The maximum Gasteiger partial charge on any atom is 0.225 e. The van der Waals surface area contributed by atoms with Gasteiger partial charge < -0.3 is 20.1 Å². The van der Waals surface area contributed by atoms with Crippen LogP contribution in [-0.2, 0) is 4.79 Å². The van der Waals surface area contributed by atoms with E-state index in [1.165, 1.54) is 5.56 Å². The van der Waals surface area contributed by atoms with Crippen LogP contribution in [0.5, 0.6) is 11.5 Å². The molecule has 3 atom stereocenters. The van der Waals surface area contributed by atoms with Crippen LogP contribution in [0.15, 0.2) is 18.2 Å². The van der Waals surface area contributed by atoms with Crippen LogP contribution in [-0.4, -0.2) is 44.2 Å². The van der Waals surface area contributed by atoms with Gasteiger partial charge in [0.05, 0.1) is 14.2 Å². The zero-order chi connectivity index (χ0) is 17.1. The summed E-state index contributed by atoms with van der Waals surface area (Å²) in [4.78, 5) is 14.8. The molecule has 1 aliphatic heterocycles. The molecular formula is C19H28N2O3. The van der Waals surface area contributed by atoms with Crippen molar-refractivity contribution in [1.82, 2.24) is 4.90 Å². The molecule has 0 spiro atoms. The molecule has 0 unspecified atom stereocenters. The van der Waals surface area contributed by atoms with Gasteiger partial charge >= 0.3 is 0 Å². The minimum absolute atomic E-state index is 0.118. The molecular weight excluding hydrogens is 304 g/mol. The third-order valence-corrected chi connectivity index (χ3v) is 5.41. The van der Waals surface area contributed by atoms with Gasteiger partial charge in [-0.3, -0.25) is 4.79 Å². The fourth-order valence-corrected chi connectivity index (χ4v) is 4.01. The van der Waals surface area contributed by atoms with E-state index in [1.807, 2.05) is 11.0 Å². The summed E-state index contributed by atoms with van der Waals surface area (Å²) in [5, 5.41) is 0. The van der Waals surface area contributed by atoms with Crippen molar-refractivity contribution in [3.05, 3.63) is 23.8 Å². The highest BCUT2D eigenvalue weighted by Gasteiger charge is 2.33. The minimum Gasteiger partial charge on any atom is -0.497 e. The molecule has 1 heterocycles. The molecule has 5 heteroatoms. The van der Waals surface area contributed by atoms with Gasteiger partial charge in [0.15, 0.2) is 0 Å². The summed E-state index contributed by atoms with van der Waals surface area (Å²) < 4.78 is 10.7. The van der Waals surface area contributed by atoms with Gasteiger partial charge in [-0.25, -0.2) is 0 Å². The molecule has 2 aliphatic rings. The Morgan fingerprint density at radius 2 is 1.83 bits per heavy atom. The topological polar surface area (TPSA) is 64.8 Å². The molecule has 1 aliphatic carbocycles. The first kappa shape index (κ1) is 17.1. The van der Waals surface area contributed by atoms with E-state index in [0.29, 0.717) is 11.8 Å². The molecule has 1 saturated heterocycles. The zero-order valence-electron chi connectivity index (χ0n) is 14.7. The van der Waals surface area contributed by atoms with Crippen molar-refractivity contribution in [2.75, 3.05) is 27.3 Å². The third-order valence-electron chi connectivity index (χ3n) is 5.41. The Balaban J connectivity index is 1.67. The van der Waals surface area contributed by atoms with Crippen molar-refractivity contribution in [1.29, 1.82) is 0 Å². The number of ether oxygens (including phenoxy) is 2. The number of likely N-dealkylation sites (tertiary alicyclic amines) is 1. The number of carbonyl (C=O) groups excluding carboxylic acids is 1. The molecule has 24 heavy (non-hydrogen) atoms. The molecule has 132 valence electrons. The third kappa shape index (κ3) is 3.66. The van der Waals surface area contributed by atoms with E-state index in [0.717, 1.165) is 56.7 Å². The number of carbonyl (C=O) groups is 1. The fourth-order valence-electron chi connectivity index (χ4n) is 4.01. The van der Waals surface area contributed by atoms with Gasteiger partial charge in [-0.2, -0.15) is 0 Å². The maximum absolute atomic E-state index is 12.8. The van der Waals surface area contributed by atoms with Crippen LogP contribution in [0, 0.1) is 5.92 Å². The average molecular weight is 332 g/mol. The average Bonchev–Trinajstić information content (AvgIpc) is 3.10. The van der Waals surface area contributed by atoms with Gasteiger partial charge in [-0.05, 0) is 43.4 Å². The lowest BCUT2D eigenvalue weighted by Crippen LogP contribution is -2.39. The first-order valence-corrected chi connectivity index (χ1v) is 8.88. The van der Waals surface area contributed by atoms with E-state index < -0.39 is 0 Å². The van der Waals surface area contributed by atoms with Crippen LogP contribution in [0.2, 0.25) is 0 Å².